The number of aromatic nitrogens is 1. The number of benzene rings is 1. The van der Waals surface area contributed by atoms with E-state index >= 15 is 0 Å². The molecule has 0 N–H and O–H groups in total. The minimum Gasteiger partial charge on any atom is -0.545 e. The number of carbonyl (C=O) groups excluding carboxylic acids is 1. The zero-order valence-electron chi connectivity index (χ0n) is 9.92. The van der Waals surface area contributed by atoms with Crippen molar-refractivity contribution >= 4 is 26.9 Å². The first-order chi connectivity index (χ1) is 9.62. The number of hydrogen-bond donors (Lipinski definition) is 0. The first kappa shape index (κ1) is 15.0. The summed E-state index contributed by atoms with van der Waals surface area (Å²) in [4.78, 5) is 14.1. The van der Waals surface area contributed by atoms with Crippen LogP contribution in [0.3, 0.4) is 0 Å². The number of carboxylic acid groups (broad SMARTS) is 1. The van der Waals surface area contributed by atoms with Crippen LogP contribution in [-0.2, 0) is 10.1 Å². The van der Waals surface area contributed by atoms with Crippen molar-refractivity contribution in [2.45, 2.75) is 5.51 Å². The Morgan fingerprint density at radius 3 is 2.48 bits per heavy atom. The quantitative estimate of drug-likeness (QED) is 0.614. The van der Waals surface area contributed by atoms with E-state index < -0.39 is 27.5 Å². The molecule has 21 heavy (non-hydrogen) atoms. The van der Waals surface area contributed by atoms with Crippen LogP contribution in [0.4, 0.5) is 13.2 Å². The van der Waals surface area contributed by atoms with Gasteiger partial charge < -0.3 is 14.1 Å². The van der Waals surface area contributed by atoms with Crippen LogP contribution in [0.25, 0.3) is 10.8 Å². The van der Waals surface area contributed by atoms with Crippen LogP contribution < -0.4 is 9.29 Å². The van der Waals surface area contributed by atoms with E-state index in [0.717, 1.165) is 24.4 Å². The summed E-state index contributed by atoms with van der Waals surface area (Å²) in [6.45, 7) is 0. The van der Waals surface area contributed by atoms with E-state index in [2.05, 4.69) is 9.17 Å². The number of halogens is 3. The van der Waals surface area contributed by atoms with Gasteiger partial charge in [-0.2, -0.15) is 21.6 Å². The van der Waals surface area contributed by atoms with Crippen molar-refractivity contribution in [3.05, 3.63) is 36.0 Å². The third-order valence-corrected chi connectivity index (χ3v) is 3.38. The number of carbonyl (C=O) groups is 1. The van der Waals surface area contributed by atoms with E-state index in [1.165, 1.54) is 6.07 Å². The predicted octanol–water partition coefficient (Wildman–Crippen LogP) is 0.827. The molecule has 0 spiro atoms. The number of rotatable bonds is 3. The van der Waals surface area contributed by atoms with E-state index in [1.54, 1.807) is 0 Å². The van der Waals surface area contributed by atoms with Gasteiger partial charge in [-0.25, -0.2) is 4.98 Å². The molecule has 0 aliphatic rings. The fourth-order valence-corrected chi connectivity index (χ4v) is 1.93. The van der Waals surface area contributed by atoms with Gasteiger partial charge in [0.25, 0.3) is 0 Å². The number of nitrogens with zero attached hydrogens (tertiary/aromatic N) is 1. The molecule has 1 aromatic heterocycles. The maximum absolute atomic E-state index is 12.3. The van der Waals surface area contributed by atoms with Crippen molar-refractivity contribution in [1.82, 2.24) is 4.98 Å². The lowest BCUT2D eigenvalue weighted by molar-refractivity contribution is -0.255. The number of aromatic carboxylic acids is 1. The zero-order valence-corrected chi connectivity index (χ0v) is 10.7. The molecule has 2 aromatic rings. The molecule has 0 aliphatic carbocycles. The Morgan fingerprint density at radius 2 is 1.90 bits per heavy atom. The summed E-state index contributed by atoms with van der Waals surface area (Å²) in [6, 6.07) is 4.50. The fraction of sp³-hybridized carbons (Fsp3) is 0.0909. The van der Waals surface area contributed by atoms with Gasteiger partial charge in [0, 0.05) is 11.6 Å². The number of hydrogen-bond acceptors (Lipinski definition) is 6. The van der Waals surface area contributed by atoms with Crippen LogP contribution in [0.15, 0.2) is 30.5 Å². The normalized spacial score (nSPS) is 12.3. The molecule has 0 saturated heterocycles. The van der Waals surface area contributed by atoms with Crippen LogP contribution in [-0.4, -0.2) is 24.9 Å². The number of fused-ring (bicyclic) bond motifs is 1. The van der Waals surface area contributed by atoms with Crippen LogP contribution in [0.1, 0.15) is 10.4 Å². The van der Waals surface area contributed by atoms with Crippen LogP contribution in [0.5, 0.6) is 5.88 Å². The summed E-state index contributed by atoms with van der Waals surface area (Å²) < 4.78 is 62.6. The topological polar surface area (TPSA) is 96.4 Å². The van der Waals surface area contributed by atoms with Crippen molar-refractivity contribution in [3.8, 4) is 5.88 Å². The maximum Gasteiger partial charge on any atom is 0.534 e. The summed E-state index contributed by atoms with van der Waals surface area (Å²) in [6.07, 6.45) is 0.989. The van der Waals surface area contributed by atoms with Gasteiger partial charge in [-0.3, -0.25) is 0 Å². The summed E-state index contributed by atoms with van der Waals surface area (Å²) in [7, 11) is -5.86. The number of alkyl halides is 3. The van der Waals surface area contributed by atoms with Gasteiger partial charge in [0.05, 0.1) is 5.97 Å². The molecule has 0 aliphatic heterocycles. The highest BCUT2D eigenvalue weighted by molar-refractivity contribution is 7.88. The lowest BCUT2D eigenvalue weighted by atomic mass is 10.1. The maximum atomic E-state index is 12.3. The molecule has 10 heteroatoms. The standard InChI is InChI=1S/C11H6F3NO5S/c12-11(13,14)21(18,19)20-9-8-2-1-7(10(16)17)5-6(8)3-4-15-9/h1-5H,(H,16,17)/p-1. The average molecular weight is 320 g/mol. The SMILES string of the molecule is O=C([O-])c1ccc2c(OS(=O)(=O)C(F)(F)F)nccc2c1. The Morgan fingerprint density at radius 1 is 1.24 bits per heavy atom. The summed E-state index contributed by atoms with van der Waals surface area (Å²) in [5.74, 6) is -2.28. The molecule has 1 heterocycles. The molecule has 0 saturated carbocycles. The molecule has 1 aromatic carbocycles. The molecular weight excluding hydrogens is 315 g/mol. The molecule has 2 rings (SSSR count). The van der Waals surface area contributed by atoms with Gasteiger partial charge >= 0.3 is 15.6 Å². The highest BCUT2D eigenvalue weighted by atomic mass is 32.2. The highest BCUT2D eigenvalue weighted by Gasteiger charge is 2.49. The Balaban J connectivity index is 2.54. The first-order valence-corrected chi connectivity index (χ1v) is 6.63. The van der Waals surface area contributed by atoms with Gasteiger partial charge in [-0.05, 0) is 29.1 Å². The van der Waals surface area contributed by atoms with Crippen molar-refractivity contribution in [3.63, 3.8) is 0 Å². The largest absolute Gasteiger partial charge is 0.545 e. The van der Waals surface area contributed by atoms with Crippen molar-refractivity contribution < 1.29 is 35.7 Å². The third kappa shape index (κ3) is 2.89. The zero-order chi connectivity index (χ0) is 15.8. The summed E-state index contributed by atoms with van der Waals surface area (Å²) >= 11 is 0. The van der Waals surface area contributed by atoms with Crippen molar-refractivity contribution in [2.24, 2.45) is 0 Å². The van der Waals surface area contributed by atoms with Crippen LogP contribution >= 0.6 is 0 Å². The molecule has 0 atom stereocenters. The van der Waals surface area contributed by atoms with Crippen LogP contribution in [0.2, 0.25) is 0 Å². The first-order valence-electron chi connectivity index (χ1n) is 5.23. The average Bonchev–Trinajstić information content (AvgIpc) is 2.36. The lowest BCUT2D eigenvalue weighted by Gasteiger charge is -2.11. The molecular formula is C11H5F3NO5S-. The van der Waals surface area contributed by atoms with Crippen molar-refractivity contribution in [2.75, 3.05) is 0 Å². The smallest absolute Gasteiger partial charge is 0.534 e. The minimum absolute atomic E-state index is 0.0877. The monoisotopic (exact) mass is 320 g/mol. The fourth-order valence-electron chi connectivity index (χ4n) is 1.49. The summed E-state index contributed by atoms with van der Waals surface area (Å²) in [5, 5.41) is 10.7. The minimum atomic E-state index is -5.86. The lowest BCUT2D eigenvalue weighted by Crippen LogP contribution is -2.28. The number of pyridine rings is 1. The Kier molecular flexibility index (Phi) is 3.49. The van der Waals surface area contributed by atoms with E-state index in [4.69, 9.17) is 0 Å². The van der Waals surface area contributed by atoms with Gasteiger partial charge in [-0.15, -0.1) is 0 Å². The van der Waals surface area contributed by atoms with Gasteiger partial charge in [0.2, 0.25) is 5.88 Å². The second-order valence-corrected chi connectivity index (χ2v) is 5.36. The molecule has 6 nitrogen and oxygen atoms in total. The van der Waals surface area contributed by atoms with E-state index in [0.29, 0.717) is 0 Å². The van der Waals surface area contributed by atoms with E-state index in [-0.39, 0.29) is 16.3 Å². The molecule has 112 valence electrons. The number of carboxylic acids is 1. The third-order valence-electron chi connectivity index (χ3n) is 2.44. The second-order valence-electron chi connectivity index (χ2n) is 3.82. The highest BCUT2D eigenvalue weighted by Crippen LogP contribution is 2.30. The van der Waals surface area contributed by atoms with Crippen molar-refractivity contribution in [1.29, 1.82) is 0 Å². The van der Waals surface area contributed by atoms with E-state index in [1.807, 2.05) is 0 Å². The second kappa shape index (κ2) is 4.88. The van der Waals surface area contributed by atoms with E-state index in [9.17, 15) is 31.5 Å². The Bertz CT molecular complexity index is 816. The molecule has 0 amide bonds. The van der Waals surface area contributed by atoms with Gasteiger partial charge in [0.15, 0.2) is 0 Å². The predicted molar refractivity (Wildman–Crippen MR) is 61.7 cm³/mol. The molecule has 0 bridgehead atoms. The summed E-state index contributed by atoms with van der Waals surface area (Å²) in [5.41, 5.74) is -5.82. The molecule has 0 unspecified atom stereocenters. The molecule has 0 radical (unpaired) electrons. The van der Waals surface area contributed by atoms with Gasteiger partial charge in [0.1, 0.15) is 0 Å². The van der Waals surface area contributed by atoms with Gasteiger partial charge in [-0.1, -0.05) is 6.07 Å². The Labute approximate surface area is 115 Å². The van der Waals surface area contributed by atoms with Crippen LogP contribution in [0, 0.1) is 0 Å². The Hall–Kier alpha value is -2.36. The molecule has 0 fully saturated rings.